The molecule has 2 aromatic rings. The molecular weight excluding hydrogens is 506 g/mol. The number of methoxy groups -OCH3 is 1. The number of hydrogen-bond acceptors (Lipinski definition) is 9. The highest BCUT2D eigenvalue weighted by atomic mass is 16.7. The number of nitrogens with one attached hydrogen (secondary N) is 1. The van der Waals surface area contributed by atoms with Crippen molar-refractivity contribution >= 4 is 34.8 Å². The fourth-order valence-electron chi connectivity index (χ4n) is 3.50. The van der Waals surface area contributed by atoms with Gasteiger partial charge in [-0.25, -0.2) is 9.59 Å². The van der Waals surface area contributed by atoms with Gasteiger partial charge in [0.1, 0.15) is 17.4 Å². The molecule has 0 aliphatic heterocycles. The van der Waals surface area contributed by atoms with Crippen LogP contribution >= 0.6 is 0 Å². The van der Waals surface area contributed by atoms with Crippen LogP contribution in [0.3, 0.4) is 0 Å². The number of carbonyl (C=O) groups excluding carboxylic acids is 4. The Morgan fingerprint density at radius 2 is 1.62 bits per heavy atom. The summed E-state index contributed by atoms with van der Waals surface area (Å²) >= 11 is 0. The molecule has 1 amide bonds. The monoisotopic (exact) mass is 545 g/mol. The molecule has 2 atom stereocenters. The minimum Gasteiger partial charge on any atom is -0.497 e. The van der Waals surface area contributed by atoms with Gasteiger partial charge in [0.05, 0.1) is 19.6 Å². The van der Waals surface area contributed by atoms with Crippen LogP contribution in [0.5, 0.6) is 5.75 Å². The molecule has 10 nitrogen and oxygen atoms in total. The van der Waals surface area contributed by atoms with Crippen molar-refractivity contribution in [2.45, 2.75) is 77.9 Å². The van der Waals surface area contributed by atoms with E-state index in [-0.39, 0.29) is 19.4 Å². The van der Waals surface area contributed by atoms with E-state index in [2.05, 4.69) is 5.32 Å². The third kappa shape index (κ3) is 10.8. The maximum atomic E-state index is 12.5. The standard InChI is InChI=1S/C29H39NO9/c1-7-8-15-36-27(33)24(30-28(34)39-29(3,4)5)13-14-25(31)37-18-38-26(32)19(2)20-9-10-22-17-23(35-6)12-11-21(22)16-20/h9-12,16-17,19,24H,7-8,13-15,18H2,1-6H3,(H,30,34). The minimum atomic E-state index is -1.10. The quantitative estimate of drug-likeness (QED) is 0.160. The van der Waals surface area contributed by atoms with Crippen LogP contribution in [-0.4, -0.2) is 56.2 Å². The summed E-state index contributed by atoms with van der Waals surface area (Å²) in [6, 6.07) is 10.2. The first-order valence-electron chi connectivity index (χ1n) is 13.0. The Balaban J connectivity index is 1.86. The molecule has 214 valence electrons. The van der Waals surface area contributed by atoms with Gasteiger partial charge in [0, 0.05) is 6.42 Å². The van der Waals surface area contributed by atoms with Crippen LogP contribution in [-0.2, 0) is 33.3 Å². The van der Waals surface area contributed by atoms with E-state index in [9.17, 15) is 19.2 Å². The molecule has 39 heavy (non-hydrogen) atoms. The zero-order valence-corrected chi connectivity index (χ0v) is 23.5. The number of esters is 3. The summed E-state index contributed by atoms with van der Waals surface area (Å²) < 4.78 is 25.8. The van der Waals surface area contributed by atoms with Crippen molar-refractivity contribution < 1.29 is 42.9 Å². The van der Waals surface area contributed by atoms with Gasteiger partial charge in [-0.2, -0.15) is 0 Å². The van der Waals surface area contributed by atoms with E-state index in [0.717, 1.165) is 28.5 Å². The molecule has 0 radical (unpaired) electrons. The molecule has 0 fully saturated rings. The Bertz CT molecular complexity index is 1140. The number of carbonyl (C=O) groups is 4. The molecule has 0 aromatic heterocycles. The number of fused-ring (bicyclic) bond motifs is 1. The lowest BCUT2D eigenvalue weighted by Crippen LogP contribution is -2.44. The maximum Gasteiger partial charge on any atom is 0.408 e. The highest BCUT2D eigenvalue weighted by Gasteiger charge is 2.26. The fraction of sp³-hybridized carbons (Fsp3) is 0.517. The fourth-order valence-corrected chi connectivity index (χ4v) is 3.50. The van der Waals surface area contributed by atoms with E-state index >= 15 is 0 Å². The van der Waals surface area contributed by atoms with E-state index in [1.54, 1.807) is 34.8 Å². The van der Waals surface area contributed by atoms with Crippen molar-refractivity contribution in [3.8, 4) is 5.75 Å². The SMILES string of the molecule is CCCCOC(=O)C(CCC(=O)OCOC(=O)C(C)c1ccc2cc(OC)ccc2c1)NC(=O)OC(C)(C)C. The molecule has 0 saturated heterocycles. The van der Waals surface area contributed by atoms with Gasteiger partial charge < -0.3 is 29.0 Å². The van der Waals surface area contributed by atoms with E-state index in [1.165, 1.54) is 0 Å². The average molecular weight is 546 g/mol. The van der Waals surface area contributed by atoms with E-state index in [4.69, 9.17) is 23.7 Å². The number of hydrogen-bond donors (Lipinski definition) is 1. The van der Waals surface area contributed by atoms with Crippen molar-refractivity contribution in [3.63, 3.8) is 0 Å². The van der Waals surface area contributed by atoms with Crippen LogP contribution in [0.1, 0.15) is 71.8 Å². The number of benzene rings is 2. The van der Waals surface area contributed by atoms with Gasteiger partial charge in [-0.3, -0.25) is 9.59 Å². The molecule has 0 spiro atoms. The van der Waals surface area contributed by atoms with Crippen molar-refractivity contribution in [1.82, 2.24) is 5.32 Å². The van der Waals surface area contributed by atoms with Gasteiger partial charge >= 0.3 is 24.0 Å². The Hall–Kier alpha value is -3.82. The predicted octanol–water partition coefficient (Wildman–Crippen LogP) is 5.01. The van der Waals surface area contributed by atoms with Crippen molar-refractivity contribution in [3.05, 3.63) is 42.0 Å². The van der Waals surface area contributed by atoms with E-state index in [1.807, 2.05) is 43.3 Å². The first kappa shape index (κ1) is 31.4. The van der Waals surface area contributed by atoms with Crippen LogP contribution in [0.2, 0.25) is 0 Å². The molecule has 1 N–H and O–H groups in total. The van der Waals surface area contributed by atoms with Gasteiger partial charge in [0.25, 0.3) is 0 Å². The van der Waals surface area contributed by atoms with Gasteiger partial charge in [0.15, 0.2) is 0 Å². The zero-order valence-electron chi connectivity index (χ0n) is 23.5. The molecule has 0 saturated carbocycles. The number of unbranched alkanes of at least 4 members (excludes halogenated alkanes) is 1. The number of ether oxygens (including phenoxy) is 5. The third-order valence-corrected chi connectivity index (χ3v) is 5.70. The van der Waals surface area contributed by atoms with Crippen molar-refractivity contribution in [2.24, 2.45) is 0 Å². The van der Waals surface area contributed by atoms with Gasteiger partial charge in [-0.05, 0) is 69.0 Å². The first-order chi connectivity index (χ1) is 18.4. The summed E-state index contributed by atoms with van der Waals surface area (Å²) in [5, 5.41) is 4.37. The molecule has 2 rings (SSSR count). The molecule has 0 aliphatic carbocycles. The van der Waals surface area contributed by atoms with E-state index < -0.39 is 48.4 Å². The third-order valence-electron chi connectivity index (χ3n) is 5.70. The predicted molar refractivity (Wildman–Crippen MR) is 144 cm³/mol. The second-order valence-corrected chi connectivity index (χ2v) is 10.1. The number of rotatable bonds is 13. The van der Waals surface area contributed by atoms with Crippen molar-refractivity contribution in [1.29, 1.82) is 0 Å². The van der Waals surface area contributed by atoms with E-state index in [0.29, 0.717) is 6.42 Å². The zero-order chi connectivity index (χ0) is 29.0. The number of amides is 1. The summed E-state index contributed by atoms with van der Waals surface area (Å²) in [7, 11) is 1.60. The number of alkyl carbamates (subject to hydrolysis) is 1. The lowest BCUT2D eigenvalue weighted by atomic mass is 9.98. The summed E-state index contributed by atoms with van der Waals surface area (Å²) in [5.41, 5.74) is -0.0113. The molecular formula is C29H39NO9. The molecule has 0 heterocycles. The Morgan fingerprint density at radius 1 is 0.923 bits per heavy atom. The lowest BCUT2D eigenvalue weighted by Gasteiger charge is -2.22. The summed E-state index contributed by atoms with van der Waals surface area (Å²) in [6.45, 7) is 8.36. The van der Waals surface area contributed by atoms with Gasteiger partial charge in [-0.1, -0.05) is 37.6 Å². The molecule has 0 bridgehead atoms. The Labute approximate surface area is 229 Å². The Morgan fingerprint density at radius 3 is 2.28 bits per heavy atom. The van der Waals surface area contributed by atoms with Gasteiger partial charge in [0.2, 0.25) is 6.79 Å². The molecule has 2 unspecified atom stereocenters. The molecule has 2 aromatic carbocycles. The molecule has 0 aliphatic rings. The van der Waals surface area contributed by atoms with Crippen LogP contribution in [0.25, 0.3) is 10.8 Å². The summed E-state index contributed by atoms with van der Waals surface area (Å²) in [4.78, 5) is 49.4. The second-order valence-electron chi connectivity index (χ2n) is 10.1. The normalized spacial score (nSPS) is 12.7. The lowest BCUT2D eigenvalue weighted by molar-refractivity contribution is -0.168. The summed E-state index contributed by atoms with van der Waals surface area (Å²) in [6.07, 6.45) is 0.408. The maximum absolute atomic E-state index is 12.5. The molecule has 10 heteroatoms. The van der Waals surface area contributed by atoms with Crippen LogP contribution < -0.4 is 10.1 Å². The highest BCUT2D eigenvalue weighted by Crippen LogP contribution is 2.25. The highest BCUT2D eigenvalue weighted by molar-refractivity contribution is 5.87. The minimum absolute atomic E-state index is 0.0741. The van der Waals surface area contributed by atoms with Crippen LogP contribution in [0, 0.1) is 0 Å². The second kappa shape index (κ2) is 14.9. The summed E-state index contributed by atoms with van der Waals surface area (Å²) in [5.74, 6) is -1.77. The smallest absolute Gasteiger partial charge is 0.408 e. The van der Waals surface area contributed by atoms with Crippen LogP contribution in [0.15, 0.2) is 36.4 Å². The Kier molecular flexibility index (Phi) is 12.0. The average Bonchev–Trinajstić information content (AvgIpc) is 2.88. The topological polar surface area (TPSA) is 126 Å². The van der Waals surface area contributed by atoms with Gasteiger partial charge in [-0.15, -0.1) is 0 Å². The first-order valence-corrected chi connectivity index (χ1v) is 13.0. The largest absolute Gasteiger partial charge is 0.497 e. The van der Waals surface area contributed by atoms with Crippen molar-refractivity contribution in [2.75, 3.05) is 20.5 Å². The van der Waals surface area contributed by atoms with Crippen LogP contribution in [0.4, 0.5) is 4.79 Å².